The van der Waals surface area contributed by atoms with Crippen molar-refractivity contribution in [2.45, 2.75) is 23.1 Å². The lowest BCUT2D eigenvalue weighted by Gasteiger charge is -2.09. The van der Waals surface area contributed by atoms with Crippen LogP contribution >= 0.6 is 34.7 Å². The molecule has 0 saturated heterocycles. The fourth-order valence-corrected chi connectivity index (χ4v) is 4.25. The SMILES string of the molecule is C[C@@H](Sc1nc2cc(Cl)ccc2s1)C(=O)NCc1ccco1. The highest BCUT2D eigenvalue weighted by molar-refractivity contribution is 8.02. The molecule has 0 aliphatic carbocycles. The second-order valence-electron chi connectivity index (χ2n) is 4.65. The van der Waals surface area contributed by atoms with Gasteiger partial charge in [0.15, 0.2) is 4.34 Å². The molecule has 4 nitrogen and oxygen atoms in total. The Balaban J connectivity index is 1.61. The number of hydrogen-bond acceptors (Lipinski definition) is 5. The van der Waals surface area contributed by atoms with E-state index >= 15 is 0 Å². The van der Waals surface area contributed by atoms with Crippen LogP contribution in [0, 0.1) is 0 Å². The molecule has 7 heteroatoms. The number of rotatable bonds is 5. The number of amides is 1. The van der Waals surface area contributed by atoms with Gasteiger partial charge in [-0.15, -0.1) is 11.3 Å². The predicted octanol–water partition coefficient (Wildman–Crippen LogP) is 4.34. The van der Waals surface area contributed by atoms with Crippen LogP contribution in [0.25, 0.3) is 10.2 Å². The molecule has 1 atom stereocenters. The summed E-state index contributed by atoms with van der Waals surface area (Å²) in [5.41, 5.74) is 0.864. The van der Waals surface area contributed by atoms with Crippen LogP contribution in [-0.2, 0) is 11.3 Å². The molecule has 0 aliphatic rings. The van der Waals surface area contributed by atoms with Gasteiger partial charge >= 0.3 is 0 Å². The van der Waals surface area contributed by atoms with E-state index in [1.807, 2.05) is 31.2 Å². The molecule has 3 aromatic rings. The number of nitrogens with one attached hydrogen (secondary N) is 1. The Kier molecular flexibility index (Phi) is 4.71. The van der Waals surface area contributed by atoms with Crippen molar-refractivity contribution in [3.8, 4) is 0 Å². The monoisotopic (exact) mass is 352 g/mol. The minimum atomic E-state index is -0.231. The van der Waals surface area contributed by atoms with E-state index in [9.17, 15) is 4.79 Å². The molecule has 0 unspecified atom stereocenters. The predicted molar refractivity (Wildman–Crippen MR) is 90.5 cm³/mol. The summed E-state index contributed by atoms with van der Waals surface area (Å²) < 4.78 is 7.11. The highest BCUT2D eigenvalue weighted by atomic mass is 35.5. The maximum atomic E-state index is 12.1. The number of halogens is 1. The fourth-order valence-electron chi connectivity index (χ4n) is 1.87. The van der Waals surface area contributed by atoms with Gasteiger partial charge in [0.25, 0.3) is 0 Å². The summed E-state index contributed by atoms with van der Waals surface area (Å²) >= 11 is 8.96. The van der Waals surface area contributed by atoms with Gasteiger partial charge < -0.3 is 9.73 Å². The molecular formula is C15H13ClN2O2S2. The average Bonchev–Trinajstić information content (AvgIpc) is 3.12. The van der Waals surface area contributed by atoms with Gasteiger partial charge in [0, 0.05) is 5.02 Å². The van der Waals surface area contributed by atoms with E-state index in [-0.39, 0.29) is 11.2 Å². The Morgan fingerprint density at radius 3 is 3.14 bits per heavy atom. The van der Waals surface area contributed by atoms with Crippen molar-refractivity contribution >= 4 is 50.8 Å². The number of furan rings is 1. The fraction of sp³-hybridized carbons (Fsp3) is 0.200. The number of aromatic nitrogens is 1. The van der Waals surface area contributed by atoms with Gasteiger partial charge in [-0.1, -0.05) is 23.4 Å². The largest absolute Gasteiger partial charge is 0.467 e. The van der Waals surface area contributed by atoms with Gasteiger partial charge in [-0.2, -0.15) is 0 Å². The second-order valence-corrected chi connectivity index (χ2v) is 7.70. The minimum Gasteiger partial charge on any atom is -0.467 e. The molecule has 0 bridgehead atoms. The van der Waals surface area contributed by atoms with E-state index < -0.39 is 0 Å². The van der Waals surface area contributed by atoms with Gasteiger partial charge in [-0.3, -0.25) is 4.79 Å². The average molecular weight is 353 g/mol. The van der Waals surface area contributed by atoms with Crippen molar-refractivity contribution in [1.29, 1.82) is 0 Å². The van der Waals surface area contributed by atoms with Crippen LogP contribution in [0.15, 0.2) is 45.4 Å². The van der Waals surface area contributed by atoms with Gasteiger partial charge in [-0.05, 0) is 37.3 Å². The summed E-state index contributed by atoms with van der Waals surface area (Å²) in [7, 11) is 0. The standard InChI is InChI=1S/C15H13ClN2O2S2/c1-9(14(19)17-8-11-3-2-6-20-11)21-15-18-12-7-10(16)4-5-13(12)22-15/h2-7,9H,8H2,1H3,(H,17,19)/t9-/m1/s1. The van der Waals surface area contributed by atoms with Crippen molar-refractivity contribution in [2.75, 3.05) is 0 Å². The number of fused-ring (bicyclic) bond motifs is 1. The Labute approximate surface area is 140 Å². The molecule has 0 aliphatic heterocycles. The molecule has 3 rings (SSSR count). The van der Waals surface area contributed by atoms with Crippen molar-refractivity contribution in [3.05, 3.63) is 47.4 Å². The van der Waals surface area contributed by atoms with Crippen LogP contribution in [-0.4, -0.2) is 16.1 Å². The van der Waals surface area contributed by atoms with E-state index in [1.165, 1.54) is 11.8 Å². The molecule has 0 fully saturated rings. The maximum absolute atomic E-state index is 12.1. The minimum absolute atomic E-state index is 0.0429. The number of benzene rings is 1. The topological polar surface area (TPSA) is 55.1 Å². The molecule has 1 N–H and O–H groups in total. The normalized spacial score (nSPS) is 12.5. The maximum Gasteiger partial charge on any atom is 0.233 e. The number of carbonyl (C=O) groups excluding carboxylic acids is 1. The van der Waals surface area contributed by atoms with Crippen LogP contribution in [0.2, 0.25) is 5.02 Å². The Bertz CT molecular complexity index is 786. The zero-order chi connectivity index (χ0) is 15.5. The quantitative estimate of drug-likeness (QED) is 0.694. The summed E-state index contributed by atoms with van der Waals surface area (Å²) in [6.45, 7) is 2.26. The van der Waals surface area contributed by atoms with Crippen molar-refractivity contribution < 1.29 is 9.21 Å². The smallest absolute Gasteiger partial charge is 0.233 e. The Morgan fingerprint density at radius 2 is 2.36 bits per heavy atom. The van der Waals surface area contributed by atoms with Crippen LogP contribution in [0.4, 0.5) is 0 Å². The van der Waals surface area contributed by atoms with Gasteiger partial charge in [0.2, 0.25) is 5.91 Å². The molecule has 0 saturated carbocycles. The highest BCUT2D eigenvalue weighted by Gasteiger charge is 2.17. The van der Waals surface area contributed by atoms with E-state index in [1.54, 1.807) is 23.7 Å². The Morgan fingerprint density at radius 1 is 1.50 bits per heavy atom. The molecule has 2 heterocycles. The lowest BCUT2D eigenvalue weighted by Crippen LogP contribution is -2.30. The molecule has 114 valence electrons. The zero-order valence-electron chi connectivity index (χ0n) is 11.7. The first kappa shape index (κ1) is 15.4. The van der Waals surface area contributed by atoms with Crippen LogP contribution < -0.4 is 5.32 Å². The molecular weight excluding hydrogens is 340 g/mol. The van der Waals surface area contributed by atoms with Crippen molar-refractivity contribution in [3.63, 3.8) is 0 Å². The van der Waals surface area contributed by atoms with Crippen LogP contribution in [0.1, 0.15) is 12.7 Å². The zero-order valence-corrected chi connectivity index (χ0v) is 14.1. The van der Waals surface area contributed by atoms with Crippen molar-refractivity contribution in [2.24, 2.45) is 0 Å². The number of carbonyl (C=O) groups is 1. The molecule has 0 radical (unpaired) electrons. The lowest BCUT2D eigenvalue weighted by atomic mass is 10.3. The van der Waals surface area contributed by atoms with E-state index in [0.717, 1.165) is 20.3 Å². The first-order chi connectivity index (χ1) is 10.6. The van der Waals surface area contributed by atoms with Crippen LogP contribution in [0.3, 0.4) is 0 Å². The van der Waals surface area contributed by atoms with Gasteiger partial charge in [0.1, 0.15) is 5.76 Å². The van der Waals surface area contributed by atoms with Gasteiger partial charge in [0.05, 0.1) is 28.3 Å². The van der Waals surface area contributed by atoms with E-state index in [2.05, 4.69) is 10.3 Å². The van der Waals surface area contributed by atoms with Crippen LogP contribution in [0.5, 0.6) is 0 Å². The number of nitrogens with zero attached hydrogens (tertiary/aromatic N) is 1. The number of thioether (sulfide) groups is 1. The van der Waals surface area contributed by atoms with Crippen molar-refractivity contribution in [1.82, 2.24) is 10.3 Å². The third kappa shape index (κ3) is 3.63. The molecule has 1 amide bonds. The summed E-state index contributed by atoms with van der Waals surface area (Å²) in [5, 5.41) is 3.28. The lowest BCUT2D eigenvalue weighted by molar-refractivity contribution is -0.120. The first-order valence-corrected chi connectivity index (χ1v) is 8.72. The van der Waals surface area contributed by atoms with E-state index in [4.69, 9.17) is 16.0 Å². The summed E-state index contributed by atoms with van der Waals surface area (Å²) in [6, 6.07) is 9.25. The highest BCUT2D eigenvalue weighted by Crippen LogP contribution is 2.33. The third-order valence-electron chi connectivity index (χ3n) is 2.99. The Hall–Kier alpha value is -1.50. The first-order valence-electron chi connectivity index (χ1n) is 6.64. The molecule has 0 spiro atoms. The second kappa shape index (κ2) is 6.73. The van der Waals surface area contributed by atoms with Gasteiger partial charge in [-0.25, -0.2) is 4.98 Å². The summed E-state index contributed by atoms with van der Waals surface area (Å²) in [6.07, 6.45) is 1.59. The third-order valence-corrected chi connectivity index (χ3v) is 5.46. The summed E-state index contributed by atoms with van der Waals surface area (Å²) in [4.78, 5) is 16.6. The van der Waals surface area contributed by atoms with E-state index in [0.29, 0.717) is 11.6 Å². The number of thiazole rings is 1. The molecule has 2 aromatic heterocycles. The molecule has 1 aromatic carbocycles. The summed E-state index contributed by atoms with van der Waals surface area (Å²) in [5.74, 6) is 0.693. The molecule has 22 heavy (non-hydrogen) atoms. The number of hydrogen-bond donors (Lipinski definition) is 1.